The topological polar surface area (TPSA) is 67.6 Å². The van der Waals surface area contributed by atoms with E-state index in [4.69, 9.17) is 22.2 Å². The number of rotatable bonds is 8. The summed E-state index contributed by atoms with van der Waals surface area (Å²) in [7, 11) is 0. The quantitative estimate of drug-likeness (QED) is 0.464. The van der Waals surface area contributed by atoms with Crippen LogP contribution in [0.5, 0.6) is 0 Å². The molecule has 1 saturated carbocycles. The fourth-order valence-electron chi connectivity index (χ4n) is 4.88. The molecule has 3 N–H and O–H groups in total. The van der Waals surface area contributed by atoms with E-state index in [9.17, 15) is 4.79 Å². The number of nitrogens with zero attached hydrogens (tertiary/aromatic N) is 1. The van der Waals surface area contributed by atoms with Crippen LogP contribution in [0.3, 0.4) is 0 Å². The second-order valence-corrected chi connectivity index (χ2v) is 10.2. The van der Waals surface area contributed by atoms with Crippen LogP contribution in [0.1, 0.15) is 50.5 Å². The van der Waals surface area contributed by atoms with Crippen molar-refractivity contribution in [2.45, 2.75) is 63.0 Å². The molecule has 35 heavy (non-hydrogen) atoms. The number of alkyl halides is 2. The standard InChI is InChI=1S/C27H34ClF2N3O2/c28-23-12-8-21(9-13-23)20-6-10-22(11-7-20)27(29,30)25(26(34)33-16-14-24(31)15-17-33)32-35-18-19-4-2-1-3-5-19/h6-13,19,24-25,32H,1-5,14-18,31H2. The summed E-state index contributed by atoms with van der Waals surface area (Å²) in [6.45, 7) is 1.05. The number of nitrogens with one attached hydrogen (secondary N) is 1. The van der Waals surface area contributed by atoms with E-state index in [0.717, 1.165) is 36.8 Å². The Bertz CT molecular complexity index is 957. The van der Waals surface area contributed by atoms with Crippen molar-refractivity contribution >= 4 is 17.5 Å². The van der Waals surface area contributed by atoms with E-state index >= 15 is 8.78 Å². The Hall–Kier alpha value is -2.06. The number of benzene rings is 2. The Morgan fingerprint density at radius 2 is 1.57 bits per heavy atom. The summed E-state index contributed by atoms with van der Waals surface area (Å²) < 4.78 is 31.6. The molecule has 0 aromatic heterocycles. The van der Waals surface area contributed by atoms with Crippen molar-refractivity contribution in [2.75, 3.05) is 19.7 Å². The van der Waals surface area contributed by atoms with Crippen LogP contribution in [0.4, 0.5) is 8.78 Å². The SMILES string of the molecule is NC1CCN(C(=O)C(NOCC2CCCCC2)C(F)(F)c2ccc(-c3ccc(Cl)cc3)cc2)CC1. The van der Waals surface area contributed by atoms with Gasteiger partial charge in [0.15, 0.2) is 6.04 Å². The molecule has 0 bridgehead atoms. The fraction of sp³-hybridized carbons (Fsp3) is 0.519. The Morgan fingerprint density at radius 3 is 2.17 bits per heavy atom. The van der Waals surface area contributed by atoms with Crippen LogP contribution in [0.2, 0.25) is 5.02 Å². The van der Waals surface area contributed by atoms with E-state index in [-0.39, 0.29) is 11.6 Å². The molecule has 1 aliphatic carbocycles. The molecule has 2 aromatic rings. The average Bonchev–Trinajstić information content (AvgIpc) is 2.88. The highest BCUT2D eigenvalue weighted by atomic mass is 35.5. The van der Waals surface area contributed by atoms with E-state index in [1.165, 1.54) is 23.5 Å². The van der Waals surface area contributed by atoms with Crippen molar-refractivity contribution in [1.29, 1.82) is 0 Å². The molecule has 2 fully saturated rings. The first-order valence-corrected chi connectivity index (χ1v) is 12.9. The van der Waals surface area contributed by atoms with Crippen LogP contribution in [0, 0.1) is 5.92 Å². The van der Waals surface area contributed by atoms with Crippen LogP contribution in [-0.2, 0) is 15.6 Å². The monoisotopic (exact) mass is 505 g/mol. The lowest BCUT2D eigenvalue weighted by Gasteiger charge is -2.35. The lowest BCUT2D eigenvalue weighted by molar-refractivity contribution is -0.161. The van der Waals surface area contributed by atoms with Gasteiger partial charge in [-0.25, -0.2) is 0 Å². The third-order valence-electron chi connectivity index (χ3n) is 7.15. The molecular formula is C27H34ClF2N3O2. The van der Waals surface area contributed by atoms with Crippen LogP contribution < -0.4 is 11.2 Å². The highest BCUT2D eigenvalue weighted by Crippen LogP contribution is 2.35. The van der Waals surface area contributed by atoms with Crippen molar-refractivity contribution in [3.05, 3.63) is 59.1 Å². The van der Waals surface area contributed by atoms with Crippen molar-refractivity contribution in [3.8, 4) is 11.1 Å². The minimum Gasteiger partial charge on any atom is -0.341 e. The van der Waals surface area contributed by atoms with Gasteiger partial charge >= 0.3 is 0 Å². The van der Waals surface area contributed by atoms with Gasteiger partial charge in [-0.3, -0.25) is 4.79 Å². The van der Waals surface area contributed by atoms with Gasteiger partial charge in [0.2, 0.25) is 5.91 Å². The third kappa shape index (κ3) is 6.58. The number of nitrogens with two attached hydrogens (primary N) is 1. The van der Waals surface area contributed by atoms with Gasteiger partial charge < -0.3 is 15.5 Å². The summed E-state index contributed by atoms with van der Waals surface area (Å²) in [4.78, 5) is 20.3. The summed E-state index contributed by atoms with van der Waals surface area (Å²) in [5.74, 6) is -3.80. The molecule has 0 radical (unpaired) electrons. The van der Waals surface area contributed by atoms with Gasteiger partial charge in [-0.15, -0.1) is 0 Å². The third-order valence-corrected chi connectivity index (χ3v) is 7.41. The summed E-state index contributed by atoms with van der Waals surface area (Å²) >= 11 is 5.95. The van der Waals surface area contributed by atoms with E-state index in [0.29, 0.717) is 43.5 Å². The molecule has 8 heteroatoms. The zero-order chi connectivity index (χ0) is 24.8. The summed E-state index contributed by atoms with van der Waals surface area (Å²) in [6.07, 6.45) is 6.69. The molecule has 1 unspecified atom stereocenters. The Balaban J connectivity index is 1.51. The second-order valence-electron chi connectivity index (χ2n) is 9.74. The maximum Gasteiger partial charge on any atom is 0.299 e. The Morgan fingerprint density at radius 1 is 1.00 bits per heavy atom. The highest BCUT2D eigenvalue weighted by molar-refractivity contribution is 6.30. The minimum atomic E-state index is -3.47. The van der Waals surface area contributed by atoms with Gasteiger partial charge in [0.1, 0.15) is 0 Å². The second kappa shape index (κ2) is 11.8. The molecule has 0 spiro atoms. The molecule has 1 saturated heterocycles. The lowest BCUT2D eigenvalue weighted by atomic mass is 9.90. The zero-order valence-corrected chi connectivity index (χ0v) is 20.7. The molecule has 190 valence electrons. The zero-order valence-electron chi connectivity index (χ0n) is 19.9. The number of carbonyl (C=O) groups is 1. The van der Waals surface area contributed by atoms with Gasteiger partial charge in [-0.05, 0) is 54.9 Å². The molecule has 1 atom stereocenters. The van der Waals surface area contributed by atoms with Gasteiger partial charge in [-0.2, -0.15) is 14.3 Å². The molecule has 4 rings (SSSR count). The number of amides is 1. The van der Waals surface area contributed by atoms with Crippen LogP contribution in [-0.4, -0.2) is 42.6 Å². The van der Waals surface area contributed by atoms with Crippen molar-refractivity contribution in [3.63, 3.8) is 0 Å². The minimum absolute atomic E-state index is 0.00562. The van der Waals surface area contributed by atoms with E-state index in [1.54, 1.807) is 24.3 Å². The summed E-state index contributed by atoms with van der Waals surface area (Å²) in [6, 6.07) is 11.4. The first-order valence-electron chi connectivity index (χ1n) is 12.5. The molecular weight excluding hydrogens is 472 g/mol. The van der Waals surface area contributed by atoms with Crippen LogP contribution >= 0.6 is 11.6 Å². The number of likely N-dealkylation sites (tertiary alicyclic amines) is 1. The molecule has 2 aliphatic rings. The molecule has 1 aliphatic heterocycles. The van der Waals surface area contributed by atoms with E-state index < -0.39 is 17.9 Å². The molecule has 5 nitrogen and oxygen atoms in total. The van der Waals surface area contributed by atoms with Crippen molar-refractivity contribution in [2.24, 2.45) is 11.7 Å². The maximum absolute atomic E-state index is 15.8. The predicted octanol–water partition coefficient (Wildman–Crippen LogP) is 5.52. The smallest absolute Gasteiger partial charge is 0.299 e. The van der Waals surface area contributed by atoms with E-state index in [1.807, 2.05) is 12.1 Å². The van der Waals surface area contributed by atoms with Gasteiger partial charge in [0, 0.05) is 29.7 Å². The molecule has 2 aromatic carbocycles. The number of halogens is 3. The van der Waals surface area contributed by atoms with Crippen LogP contribution in [0.15, 0.2) is 48.5 Å². The fourth-order valence-corrected chi connectivity index (χ4v) is 5.00. The van der Waals surface area contributed by atoms with E-state index in [2.05, 4.69) is 5.48 Å². The Kier molecular flexibility index (Phi) is 8.76. The highest BCUT2D eigenvalue weighted by Gasteiger charge is 2.48. The first-order chi connectivity index (χ1) is 16.8. The van der Waals surface area contributed by atoms with Crippen molar-refractivity contribution in [1.82, 2.24) is 10.4 Å². The predicted molar refractivity (Wildman–Crippen MR) is 134 cm³/mol. The Labute approximate surface area is 210 Å². The van der Waals surface area contributed by atoms with Gasteiger partial charge in [0.25, 0.3) is 5.92 Å². The number of hydrogen-bond donors (Lipinski definition) is 2. The molecule has 1 heterocycles. The van der Waals surface area contributed by atoms with Gasteiger partial charge in [0.05, 0.1) is 6.61 Å². The number of hydroxylamine groups is 1. The number of hydrogen-bond acceptors (Lipinski definition) is 4. The normalized spacial score (nSPS) is 19.0. The molecule has 1 amide bonds. The number of piperidine rings is 1. The average molecular weight is 506 g/mol. The lowest BCUT2D eigenvalue weighted by Crippen LogP contribution is -2.56. The first kappa shape index (κ1) is 26.0. The largest absolute Gasteiger partial charge is 0.341 e. The van der Waals surface area contributed by atoms with Gasteiger partial charge in [-0.1, -0.05) is 67.3 Å². The van der Waals surface area contributed by atoms with Crippen molar-refractivity contribution < 1.29 is 18.4 Å². The maximum atomic E-state index is 15.8. The summed E-state index contributed by atoms with van der Waals surface area (Å²) in [5.41, 5.74) is 9.85. The summed E-state index contributed by atoms with van der Waals surface area (Å²) in [5, 5.41) is 0.608. The number of carbonyl (C=O) groups excluding carboxylic acids is 1. The van der Waals surface area contributed by atoms with Crippen LogP contribution in [0.25, 0.3) is 11.1 Å².